The van der Waals surface area contributed by atoms with E-state index in [4.69, 9.17) is 4.74 Å². The predicted molar refractivity (Wildman–Crippen MR) is 113 cm³/mol. The average molecular weight is 373 g/mol. The van der Waals surface area contributed by atoms with Gasteiger partial charge in [0.15, 0.2) is 0 Å². The first kappa shape index (κ1) is 20.3. The number of halogens is 1. The first-order valence-corrected chi connectivity index (χ1v) is 9.20. The summed E-state index contributed by atoms with van der Waals surface area (Å²) in [5.74, 6) is 0.943. The van der Waals surface area contributed by atoms with Crippen molar-refractivity contribution in [1.29, 1.82) is 0 Å². The normalized spacial score (nSPS) is 10.9. The minimum atomic E-state index is 0. The van der Waals surface area contributed by atoms with Crippen LogP contribution in [-0.2, 0) is 12.8 Å². The lowest BCUT2D eigenvalue weighted by Gasteiger charge is -2.21. The molecule has 3 nitrogen and oxygen atoms in total. The van der Waals surface area contributed by atoms with E-state index in [2.05, 4.69) is 65.5 Å². The summed E-state index contributed by atoms with van der Waals surface area (Å²) in [7, 11) is 1.73. The van der Waals surface area contributed by atoms with Crippen molar-refractivity contribution in [2.24, 2.45) is 0 Å². The largest absolute Gasteiger partial charge is 0.497 e. The molecule has 2 aromatic carbocycles. The number of para-hydroxylation sites is 1. The van der Waals surface area contributed by atoms with Crippen LogP contribution in [0.1, 0.15) is 24.5 Å². The molecule has 0 saturated heterocycles. The van der Waals surface area contributed by atoms with Gasteiger partial charge in [-0.2, -0.15) is 0 Å². The molecule has 4 heteroatoms. The second kappa shape index (κ2) is 10.2. The molecular weight excluding hydrogens is 344 g/mol. The Bertz CT molecular complexity index is 799. The van der Waals surface area contributed by atoms with Gasteiger partial charge in [-0.15, -0.1) is 12.4 Å². The van der Waals surface area contributed by atoms with E-state index in [9.17, 15) is 0 Å². The molecule has 0 unspecified atom stereocenters. The number of fused-ring (bicyclic) bond motifs is 1. The number of hydrogen-bond donors (Lipinski definition) is 1. The summed E-state index contributed by atoms with van der Waals surface area (Å²) in [6.07, 6.45) is 5.50. The summed E-state index contributed by atoms with van der Waals surface area (Å²) in [4.78, 5) is 5.95. The van der Waals surface area contributed by atoms with Gasteiger partial charge in [0, 0.05) is 30.2 Å². The Morgan fingerprint density at radius 3 is 2.58 bits per heavy atom. The zero-order valence-electron chi connectivity index (χ0n) is 15.7. The number of H-pyrrole nitrogens is 1. The van der Waals surface area contributed by atoms with Gasteiger partial charge in [0.2, 0.25) is 0 Å². The van der Waals surface area contributed by atoms with E-state index in [1.807, 2.05) is 6.07 Å². The molecule has 0 aliphatic heterocycles. The van der Waals surface area contributed by atoms with E-state index in [-0.39, 0.29) is 12.4 Å². The first-order chi connectivity index (χ1) is 12.3. The Balaban J connectivity index is 0.00000243. The van der Waals surface area contributed by atoms with Crippen LogP contribution in [0.2, 0.25) is 0 Å². The van der Waals surface area contributed by atoms with Crippen molar-refractivity contribution in [1.82, 2.24) is 9.88 Å². The van der Waals surface area contributed by atoms with E-state index < -0.39 is 0 Å². The molecule has 0 aliphatic carbocycles. The zero-order chi connectivity index (χ0) is 17.5. The Morgan fingerprint density at radius 2 is 1.77 bits per heavy atom. The van der Waals surface area contributed by atoms with Gasteiger partial charge in [-0.3, -0.25) is 0 Å². The van der Waals surface area contributed by atoms with Crippen LogP contribution >= 0.6 is 12.4 Å². The minimum Gasteiger partial charge on any atom is -0.497 e. The third-order valence-electron chi connectivity index (χ3n) is 4.76. The van der Waals surface area contributed by atoms with Crippen LogP contribution in [0, 0.1) is 0 Å². The molecule has 0 atom stereocenters. The standard InChI is InChI=1S/C22H28N2O.ClH/c1-3-13-24(14-11-18-7-6-8-20(16-18)25-2)15-12-19-17-23-22-10-5-4-9-21(19)22;/h4-10,16-17,23H,3,11-15H2,1-2H3;1H. The highest BCUT2D eigenvalue weighted by molar-refractivity contribution is 5.85. The third-order valence-corrected chi connectivity index (χ3v) is 4.76. The number of rotatable bonds is 9. The van der Waals surface area contributed by atoms with Crippen molar-refractivity contribution < 1.29 is 4.74 Å². The summed E-state index contributed by atoms with van der Waals surface area (Å²) >= 11 is 0. The fourth-order valence-corrected chi connectivity index (χ4v) is 3.38. The van der Waals surface area contributed by atoms with E-state index in [1.54, 1.807) is 7.11 Å². The maximum absolute atomic E-state index is 5.33. The van der Waals surface area contributed by atoms with Crippen LogP contribution < -0.4 is 4.74 Å². The van der Waals surface area contributed by atoms with Crippen LogP contribution in [-0.4, -0.2) is 36.6 Å². The summed E-state index contributed by atoms with van der Waals surface area (Å²) in [6, 6.07) is 17.0. The van der Waals surface area contributed by atoms with Crippen LogP contribution in [0.5, 0.6) is 5.75 Å². The summed E-state index contributed by atoms with van der Waals surface area (Å²) in [6.45, 7) is 5.58. The third kappa shape index (κ3) is 5.26. The Labute approximate surface area is 162 Å². The highest BCUT2D eigenvalue weighted by Crippen LogP contribution is 2.19. The van der Waals surface area contributed by atoms with E-state index in [1.165, 1.54) is 28.5 Å². The molecule has 1 heterocycles. The van der Waals surface area contributed by atoms with Crippen molar-refractivity contribution in [3.8, 4) is 5.75 Å². The summed E-state index contributed by atoms with van der Waals surface area (Å²) in [5, 5.41) is 1.35. The minimum absolute atomic E-state index is 0. The van der Waals surface area contributed by atoms with Gasteiger partial charge >= 0.3 is 0 Å². The van der Waals surface area contributed by atoms with Gasteiger partial charge in [-0.1, -0.05) is 37.3 Å². The molecule has 0 fully saturated rings. The summed E-state index contributed by atoms with van der Waals surface area (Å²) < 4.78 is 5.33. The van der Waals surface area contributed by atoms with Crippen LogP contribution in [0.15, 0.2) is 54.7 Å². The van der Waals surface area contributed by atoms with E-state index in [0.717, 1.165) is 38.2 Å². The second-order valence-corrected chi connectivity index (χ2v) is 6.55. The quantitative estimate of drug-likeness (QED) is 0.566. The molecule has 3 rings (SSSR count). The number of methoxy groups -OCH3 is 1. The summed E-state index contributed by atoms with van der Waals surface area (Å²) in [5.41, 5.74) is 3.99. The number of benzene rings is 2. The number of ether oxygens (including phenoxy) is 1. The lowest BCUT2D eigenvalue weighted by Crippen LogP contribution is -2.29. The van der Waals surface area contributed by atoms with Crippen LogP contribution in [0.3, 0.4) is 0 Å². The second-order valence-electron chi connectivity index (χ2n) is 6.55. The molecule has 1 aromatic heterocycles. The topological polar surface area (TPSA) is 28.3 Å². The fourth-order valence-electron chi connectivity index (χ4n) is 3.38. The predicted octanol–water partition coefficient (Wildman–Crippen LogP) is 5.10. The van der Waals surface area contributed by atoms with Crippen LogP contribution in [0.25, 0.3) is 10.9 Å². The maximum Gasteiger partial charge on any atom is 0.119 e. The number of aromatic nitrogens is 1. The molecule has 1 N–H and O–H groups in total. The van der Waals surface area contributed by atoms with Gasteiger partial charge in [-0.25, -0.2) is 0 Å². The monoisotopic (exact) mass is 372 g/mol. The van der Waals surface area contributed by atoms with E-state index >= 15 is 0 Å². The molecule has 0 saturated carbocycles. The molecule has 26 heavy (non-hydrogen) atoms. The highest BCUT2D eigenvalue weighted by atomic mass is 35.5. The Kier molecular flexibility index (Phi) is 8.02. The van der Waals surface area contributed by atoms with Gasteiger partial charge in [0.25, 0.3) is 0 Å². The smallest absolute Gasteiger partial charge is 0.119 e. The average Bonchev–Trinajstić information content (AvgIpc) is 3.07. The molecule has 3 aromatic rings. The van der Waals surface area contributed by atoms with Crippen molar-refractivity contribution in [3.05, 3.63) is 65.9 Å². The first-order valence-electron chi connectivity index (χ1n) is 9.20. The Hall–Kier alpha value is -1.97. The highest BCUT2D eigenvalue weighted by Gasteiger charge is 2.08. The molecule has 0 amide bonds. The number of nitrogens with one attached hydrogen (secondary N) is 1. The molecule has 0 bridgehead atoms. The van der Waals surface area contributed by atoms with Gasteiger partial charge in [-0.05, 0) is 55.1 Å². The molecule has 140 valence electrons. The maximum atomic E-state index is 5.33. The van der Waals surface area contributed by atoms with Crippen molar-refractivity contribution in [2.45, 2.75) is 26.2 Å². The number of aromatic amines is 1. The SMILES string of the molecule is CCCN(CCc1cccc(OC)c1)CCc1c[nH]c2ccccc12.Cl. The molecule has 0 aliphatic rings. The number of nitrogens with zero attached hydrogens (tertiary/aromatic N) is 1. The van der Waals surface area contributed by atoms with E-state index in [0.29, 0.717) is 0 Å². The zero-order valence-corrected chi connectivity index (χ0v) is 16.5. The fraction of sp³-hybridized carbons (Fsp3) is 0.364. The van der Waals surface area contributed by atoms with Crippen molar-refractivity contribution in [2.75, 3.05) is 26.7 Å². The van der Waals surface area contributed by atoms with Gasteiger partial charge < -0.3 is 14.6 Å². The molecule has 0 radical (unpaired) electrons. The van der Waals surface area contributed by atoms with Gasteiger partial charge in [0.1, 0.15) is 5.75 Å². The lowest BCUT2D eigenvalue weighted by atomic mass is 10.1. The van der Waals surface area contributed by atoms with Gasteiger partial charge in [0.05, 0.1) is 7.11 Å². The van der Waals surface area contributed by atoms with Crippen LogP contribution in [0.4, 0.5) is 0 Å². The van der Waals surface area contributed by atoms with Crippen molar-refractivity contribution >= 4 is 23.3 Å². The Morgan fingerprint density at radius 1 is 0.962 bits per heavy atom. The number of hydrogen-bond acceptors (Lipinski definition) is 2. The van der Waals surface area contributed by atoms with Crippen molar-refractivity contribution in [3.63, 3.8) is 0 Å². The molecular formula is C22H29ClN2O. The lowest BCUT2D eigenvalue weighted by molar-refractivity contribution is 0.281. The molecule has 0 spiro atoms.